The van der Waals surface area contributed by atoms with Crippen LogP contribution in [-0.4, -0.2) is 55.0 Å². The molecule has 23 heavy (non-hydrogen) atoms. The summed E-state index contributed by atoms with van der Waals surface area (Å²) in [5.74, 6) is -0.344. The summed E-state index contributed by atoms with van der Waals surface area (Å²) in [5.41, 5.74) is 6.56. The van der Waals surface area contributed by atoms with Gasteiger partial charge in [0, 0.05) is 38.6 Å². The molecule has 0 aliphatic carbocycles. The summed E-state index contributed by atoms with van der Waals surface area (Å²) in [5, 5.41) is 2.94. The number of amides is 3. The Hall–Kier alpha value is -2.08. The van der Waals surface area contributed by atoms with Gasteiger partial charge in [0.05, 0.1) is 0 Å². The molecule has 1 aliphatic rings. The minimum atomic E-state index is -0.257. The number of nitrogens with zero attached hydrogens (tertiary/aromatic N) is 2. The molecule has 0 bridgehead atoms. The third-order valence-corrected chi connectivity index (χ3v) is 4.25. The van der Waals surface area contributed by atoms with Gasteiger partial charge in [-0.2, -0.15) is 0 Å². The molecule has 3 N–H and O–H groups in total. The van der Waals surface area contributed by atoms with Crippen LogP contribution in [0.3, 0.4) is 0 Å². The minimum absolute atomic E-state index is 0.0546. The number of nitrogens with one attached hydrogen (secondary N) is 1. The van der Waals surface area contributed by atoms with E-state index in [2.05, 4.69) is 22.3 Å². The Balaban J connectivity index is 1.64. The third-order valence-electron chi connectivity index (χ3n) is 4.25. The lowest BCUT2D eigenvalue weighted by Gasteiger charge is -2.30. The molecule has 1 aromatic rings. The van der Waals surface area contributed by atoms with Crippen LogP contribution in [0.5, 0.6) is 0 Å². The van der Waals surface area contributed by atoms with Crippen molar-refractivity contribution in [1.82, 2.24) is 15.1 Å². The molecular weight excluding hydrogens is 292 g/mol. The first-order valence-electron chi connectivity index (χ1n) is 8.11. The van der Waals surface area contributed by atoms with E-state index in [0.29, 0.717) is 32.5 Å². The maximum atomic E-state index is 12.1. The van der Waals surface area contributed by atoms with Crippen molar-refractivity contribution < 1.29 is 9.59 Å². The predicted octanol–water partition coefficient (Wildman–Crippen LogP) is 1.03. The Labute approximate surface area is 137 Å². The molecule has 6 heteroatoms. The van der Waals surface area contributed by atoms with Gasteiger partial charge in [0.2, 0.25) is 5.91 Å². The molecule has 2 rings (SSSR count). The molecule has 1 fully saturated rings. The zero-order chi connectivity index (χ0) is 16.7. The van der Waals surface area contributed by atoms with Crippen LogP contribution in [-0.2, 0) is 11.3 Å². The summed E-state index contributed by atoms with van der Waals surface area (Å²) in [6, 6.07) is 10.2. The zero-order valence-electron chi connectivity index (χ0n) is 13.7. The SMILES string of the molecule is CN(CCNC(=O)N1CCC(C(N)=O)CC1)Cc1ccccc1. The second-order valence-electron chi connectivity index (χ2n) is 6.12. The van der Waals surface area contributed by atoms with Crippen molar-refractivity contribution in [1.29, 1.82) is 0 Å². The smallest absolute Gasteiger partial charge is 0.317 e. The van der Waals surface area contributed by atoms with Gasteiger partial charge in [0.15, 0.2) is 0 Å². The molecule has 1 saturated heterocycles. The second kappa shape index (κ2) is 8.53. The van der Waals surface area contributed by atoms with Crippen LogP contribution < -0.4 is 11.1 Å². The predicted molar refractivity (Wildman–Crippen MR) is 89.7 cm³/mol. The molecule has 0 unspecified atom stereocenters. The van der Waals surface area contributed by atoms with Gasteiger partial charge < -0.3 is 20.9 Å². The lowest BCUT2D eigenvalue weighted by Crippen LogP contribution is -2.47. The molecular formula is C17H26N4O2. The van der Waals surface area contributed by atoms with E-state index in [4.69, 9.17) is 5.73 Å². The number of hydrogen-bond acceptors (Lipinski definition) is 3. The van der Waals surface area contributed by atoms with Gasteiger partial charge in [-0.25, -0.2) is 4.79 Å². The lowest BCUT2D eigenvalue weighted by molar-refractivity contribution is -0.123. The monoisotopic (exact) mass is 318 g/mol. The molecule has 3 amide bonds. The van der Waals surface area contributed by atoms with E-state index in [-0.39, 0.29) is 17.9 Å². The maximum absolute atomic E-state index is 12.1. The summed E-state index contributed by atoms with van der Waals surface area (Å²) >= 11 is 0. The first-order chi connectivity index (χ1) is 11.1. The Morgan fingerprint density at radius 1 is 1.26 bits per heavy atom. The number of nitrogens with two attached hydrogens (primary N) is 1. The van der Waals surface area contributed by atoms with Crippen molar-refractivity contribution in [2.75, 3.05) is 33.2 Å². The lowest BCUT2D eigenvalue weighted by atomic mass is 9.96. The van der Waals surface area contributed by atoms with E-state index in [1.165, 1.54) is 5.56 Å². The number of benzene rings is 1. The standard InChI is InChI=1S/C17H26N4O2/c1-20(13-14-5-3-2-4-6-14)12-9-19-17(23)21-10-7-15(8-11-21)16(18)22/h2-6,15H,7-13H2,1H3,(H2,18,22)(H,19,23). The highest BCUT2D eigenvalue weighted by Crippen LogP contribution is 2.16. The molecule has 0 saturated carbocycles. The number of hydrogen-bond donors (Lipinski definition) is 2. The van der Waals surface area contributed by atoms with E-state index in [1.807, 2.05) is 25.2 Å². The summed E-state index contributed by atoms with van der Waals surface area (Å²) in [6.07, 6.45) is 1.33. The molecule has 0 aromatic heterocycles. The first kappa shape index (κ1) is 17.3. The van der Waals surface area contributed by atoms with E-state index >= 15 is 0 Å². The van der Waals surface area contributed by atoms with Gasteiger partial charge in [0.25, 0.3) is 0 Å². The number of carbonyl (C=O) groups excluding carboxylic acids is 2. The van der Waals surface area contributed by atoms with Gasteiger partial charge in [0.1, 0.15) is 0 Å². The van der Waals surface area contributed by atoms with Crippen molar-refractivity contribution in [3.8, 4) is 0 Å². The molecule has 0 spiro atoms. The van der Waals surface area contributed by atoms with Gasteiger partial charge >= 0.3 is 6.03 Å². The van der Waals surface area contributed by atoms with Crippen LogP contribution in [0.4, 0.5) is 4.79 Å². The van der Waals surface area contributed by atoms with Crippen LogP contribution in [0.1, 0.15) is 18.4 Å². The average Bonchev–Trinajstić information content (AvgIpc) is 2.55. The zero-order valence-corrected chi connectivity index (χ0v) is 13.7. The number of carbonyl (C=O) groups is 2. The highest BCUT2D eigenvalue weighted by molar-refractivity contribution is 5.78. The number of primary amides is 1. The fourth-order valence-corrected chi connectivity index (χ4v) is 2.81. The molecule has 1 heterocycles. The Bertz CT molecular complexity index is 513. The highest BCUT2D eigenvalue weighted by atomic mass is 16.2. The number of piperidine rings is 1. The van der Waals surface area contributed by atoms with E-state index in [9.17, 15) is 9.59 Å². The number of likely N-dealkylation sites (N-methyl/N-ethyl adjacent to an activating group) is 1. The largest absolute Gasteiger partial charge is 0.369 e. The minimum Gasteiger partial charge on any atom is -0.369 e. The normalized spacial score (nSPS) is 15.7. The fraction of sp³-hybridized carbons (Fsp3) is 0.529. The van der Waals surface area contributed by atoms with Gasteiger partial charge in [-0.05, 0) is 25.5 Å². The Morgan fingerprint density at radius 2 is 1.91 bits per heavy atom. The van der Waals surface area contributed by atoms with Crippen molar-refractivity contribution in [2.45, 2.75) is 19.4 Å². The van der Waals surface area contributed by atoms with Gasteiger partial charge in [-0.1, -0.05) is 30.3 Å². The number of likely N-dealkylation sites (tertiary alicyclic amines) is 1. The van der Waals surface area contributed by atoms with Crippen molar-refractivity contribution in [3.63, 3.8) is 0 Å². The summed E-state index contributed by atoms with van der Waals surface area (Å²) < 4.78 is 0. The highest BCUT2D eigenvalue weighted by Gasteiger charge is 2.25. The van der Waals surface area contributed by atoms with Crippen LogP contribution >= 0.6 is 0 Å². The van der Waals surface area contributed by atoms with Crippen LogP contribution in [0.15, 0.2) is 30.3 Å². The van der Waals surface area contributed by atoms with Crippen molar-refractivity contribution in [3.05, 3.63) is 35.9 Å². The second-order valence-corrected chi connectivity index (χ2v) is 6.12. The topological polar surface area (TPSA) is 78.7 Å². The number of rotatable bonds is 6. The van der Waals surface area contributed by atoms with Gasteiger partial charge in [-0.3, -0.25) is 4.79 Å². The summed E-state index contributed by atoms with van der Waals surface area (Å²) in [7, 11) is 2.04. The van der Waals surface area contributed by atoms with Crippen molar-refractivity contribution >= 4 is 11.9 Å². The quantitative estimate of drug-likeness (QED) is 0.822. The molecule has 1 aliphatic heterocycles. The maximum Gasteiger partial charge on any atom is 0.317 e. The molecule has 1 aromatic carbocycles. The number of urea groups is 1. The van der Waals surface area contributed by atoms with Crippen LogP contribution in [0, 0.1) is 5.92 Å². The van der Waals surface area contributed by atoms with Crippen molar-refractivity contribution in [2.24, 2.45) is 11.7 Å². The van der Waals surface area contributed by atoms with Gasteiger partial charge in [-0.15, -0.1) is 0 Å². The third kappa shape index (κ3) is 5.56. The molecule has 6 nitrogen and oxygen atoms in total. The van der Waals surface area contributed by atoms with Crippen LogP contribution in [0.2, 0.25) is 0 Å². The first-order valence-corrected chi connectivity index (χ1v) is 8.11. The summed E-state index contributed by atoms with van der Waals surface area (Å²) in [6.45, 7) is 3.45. The molecule has 0 atom stereocenters. The van der Waals surface area contributed by atoms with E-state index < -0.39 is 0 Å². The summed E-state index contributed by atoms with van der Waals surface area (Å²) in [4.78, 5) is 27.2. The average molecular weight is 318 g/mol. The molecule has 0 radical (unpaired) electrons. The Morgan fingerprint density at radius 3 is 2.52 bits per heavy atom. The van der Waals surface area contributed by atoms with E-state index in [1.54, 1.807) is 4.90 Å². The fourth-order valence-electron chi connectivity index (χ4n) is 2.81. The van der Waals surface area contributed by atoms with Crippen LogP contribution in [0.25, 0.3) is 0 Å². The Kier molecular flexibility index (Phi) is 6.40. The van der Waals surface area contributed by atoms with E-state index in [0.717, 1.165) is 13.1 Å². The molecule has 126 valence electrons.